The number of piperidine rings is 2. The van der Waals surface area contributed by atoms with Crippen molar-refractivity contribution in [3.63, 3.8) is 0 Å². The van der Waals surface area contributed by atoms with Crippen LogP contribution in [0.5, 0.6) is 0 Å². The van der Waals surface area contributed by atoms with E-state index >= 15 is 0 Å². The second-order valence-electron chi connectivity index (χ2n) is 11.4. The van der Waals surface area contributed by atoms with E-state index < -0.39 is 0 Å². The largest absolute Gasteiger partial charge is 0.449 e. The Bertz CT molecular complexity index is 2100. The minimum Gasteiger partial charge on any atom is -0.449 e. The summed E-state index contributed by atoms with van der Waals surface area (Å²) in [6, 6.07) is 11.4. The molecule has 3 N–H and O–H groups in total. The summed E-state index contributed by atoms with van der Waals surface area (Å²) >= 11 is 6.91. The van der Waals surface area contributed by atoms with Gasteiger partial charge in [-0.1, -0.05) is 31.9 Å². The van der Waals surface area contributed by atoms with Gasteiger partial charge in [0.15, 0.2) is 0 Å². The van der Waals surface area contributed by atoms with E-state index in [4.69, 9.17) is 13.8 Å². The van der Waals surface area contributed by atoms with Crippen molar-refractivity contribution >= 4 is 101 Å². The Morgan fingerprint density at radius 3 is 1.84 bits per heavy atom. The van der Waals surface area contributed by atoms with Gasteiger partial charge in [-0.3, -0.25) is 9.59 Å². The first-order valence-corrected chi connectivity index (χ1v) is 16.1. The average Bonchev–Trinajstić information content (AvgIpc) is 3.56. The second-order valence-corrected chi connectivity index (χ2v) is 13.2. The Balaban J connectivity index is 0.000000170. The molecule has 8 rings (SSSR count). The highest BCUT2D eigenvalue weighted by atomic mass is 79.9. The van der Waals surface area contributed by atoms with E-state index in [2.05, 4.69) is 64.1 Å². The fraction of sp³-hybridized carbons (Fsp3) is 0.355. The highest BCUT2D eigenvalue weighted by Gasteiger charge is 2.24. The number of halogens is 4. The third-order valence-electron chi connectivity index (χ3n) is 8.30. The molecule has 10 nitrogen and oxygen atoms in total. The van der Waals surface area contributed by atoms with Gasteiger partial charge in [0.1, 0.15) is 33.8 Å². The number of hydrogen-bond donors (Lipinski definition) is 3. The van der Waals surface area contributed by atoms with Crippen LogP contribution in [0.4, 0.5) is 0 Å². The maximum atomic E-state index is 12.4. The topological polar surface area (TPSA) is 133 Å². The third kappa shape index (κ3) is 6.72. The number of benzene rings is 2. The van der Waals surface area contributed by atoms with E-state index in [-0.39, 0.29) is 47.8 Å². The summed E-state index contributed by atoms with van der Waals surface area (Å²) in [5, 5.41) is 5.09. The van der Waals surface area contributed by atoms with Crippen LogP contribution < -0.4 is 16.4 Å². The standard InChI is InChI=1S/C16H16BrN3O2.C15H14BrN3O2.2ClH/c1-20-6-2-3-9(8-20)15-18-13-11-7-10(17)4-5-12(11)22-14(13)16(21)19-15;16-9-3-4-11-10(6-9)12-13(21-11)15(20)19-14(18-12)8-2-1-5-17-7-8;;/h4-5,7,9H,2-3,6,8H2,1H3,(H,18,19,21);3-4,6,8,17H,1-2,5,7H2,(H,18,19,20);2*1H. The molecule has 4 aromatic heterocycles. The molecular formula is C31H32Br2Cl2N6O4. The fourth-order valence-corrected chi connectivity index (χ4v) is 6.87. The molecule has 2 aliphatic heterocycles. The molecule has 0 saturated carbocycles. The number of nitrogens with zero attached hydrogens (tertiary/aromatic N) is 3. The van der Waals surface area contributed by atoms with Crippen LogP contribution in [0.25, 0.3) is 44.1 Å². The van der Waals surface area contributed by atoms with Gasteiger partial charge in [0.2, 0.25) is 11.2 Å². The number of aromatic amines is 2. The van der Waals surface area contributed by atoms with Crippen LogP contribution in [-0.4, -0.2) is 58.1 Å². The molecule has 6 aromatic rings. The normalized spacial score (nSPS) is 18.8. The van der Waals surface area contributed by atoms with Crippen molar-refractivity contribution in [3.8, 4) is 0 Å². The summed E-state index contributed by atoms with van der Waals surface area (Å²) in [5.41, 5.74) is 2.89. The average molecular weight is 783 g/mol. The zero-order valence-corrected chi connectivity index (χ0v) is 29.1. The number of aromatic nitrogens is 4. The Hall–Kier alpha value is -2.74. The zero-order chi connectivity index (χ0) is 29.7. The summed E-state index contributed by atoms with van der Waals surface area (Å²) in [6.45, 7) is 3.91. The minimum absolute atomic E-state index is 0. The molecule has 2 atom stereocenters. The Kier molecular flexibility index (Phi) is 10.4. The van der Waals surface area contributed by atoms with Crippen LogP contribution in [0.2, 0.25) is 0 Å². The van der Waals surface area contributed by atoms with Crippen LogP contribution in [0.3, 0.4) is 0 Å². The smallest absolute Gasteiger partial charge is 0.294 e. The lowest BCUT2D eigenvalue weighted by molar-refractivity contribution is 0.246. The maximum absolute atomic E-state index is 12.4. The fourth-order valence-electron chi connectivity index (χ4n) is 6.15. The Morgan fingerprint density at radius 2 is 1.33 bits per heavy atom. The quantitative estimate of drug-likeness (QED) is 0.171. The summed E-state index contributed by atoms with van der Waals surface area (Å²) < 4.78 is 13.2. The van der Waals surface area contributed by atoms with Crippen molar-refractivity contribution < 1.29 is 8.83 Å². The lowest BCUT2D eigenvalue weighted by Crippen LogP contribution is -2.32. The van der Waals surface area contributed by atoms with Gasteiger partial charge in [-0.2, -0.15) is 0 Å². The zero-order valence-electron chi connectivity index (χ0n) is 24.3. The van der Waals surface area contributed by atoms with Crippen LogP contribution in [0, 0.1) is 0 Å². The minimum atomic E-state index is -0.201. The summed E-state index contributed by atoms with van der Waals surface area (Å²) in [6.07, 6.45) is 4.32. The first-order chi connectivity index (χ1) is 20.8. The Labute approximate surface area is 286 Å². The van der Waals surface area contributed by atoms with E-state index in [1.807, 2.05) is 36.4 Å². The molecule has 2 unspecified atom stereocenters. The first-order valence-electron chi connectivity index (χ1n) is 14.5. The molecule has 6 heterocycles. The lowest BCUT2D eigenvalue weighted by atomic mass is 9.97. The molecule has 0 radical (unpaired) electrons. The maximum Gasteiger partial charge on any atom is 0.294 e. The van der Waals surface area contributed by atoms with Gasteiger partial charge in [-0.05, 0) is 82.2 Å². The predicted octanol–water partition coefficient (Wildman–Crippen LogP) is 6.98. The Morgan fingerprint density at radius 1 is 0.800 bits per heavy atom. The van der Waals surface area contributed by atoms with Gasteiger partial charge >= 0.3 is 0 Å². The number of rotatable bonds is 2. The van der Waals surface area contributed by atoms with Crippen molar-refractivity contribution in [2.45, 2.75) is 37.5 Å². The van der Waals surface area contributed by atoms with Crippen molar-refractivity contribution in [2.24, 2.45) is 0 Å². The van der Waals surface area contributed by atoms with E-state index in [9.17, 15) is 9.59 Å². The van der Waals surface area contributed by atoms with Crippen molar-refractivity contribution in [1.82, 2.24) is 30.2 Å². The molecule has 2 aromatic carbocycles. The van der Waals surface area contributed by atoms with Gasteiger partial charge in [0, 0.05) is 44.6 Å². The number of H-pyrrole nitrogens is 2. The van der Waals surface area contributed by atoms with Crippen molar-refractivity contribution in [3.05, 3.63) is 77.7 Å². The molecular weight excluding hydrogens is 751 g/mol. The predicted molar refractivity (Wildman–Crippen MR) is 188 cm³/mol. The molecule has 0 spiro atoms. The molecule has 2 fully saturated rings. The van der Waals surface area contributed by atoms with Crippen LogP contribution in [-0.2, 0) is 0 Å². The highest BCUT2D eigenvalue weighted by Crippen LogP contribution is 2.31. The molecule has 238 valence electrons. The van der Waals surface area contributed by atoms with Gasteiger partial charge < -0.3 is 29.0 Å². The highest BCUT2D eigenvalue weighted by molar-refractivity contribution is 9.10. The van der Waals surface area contributed by atoms with Crippen LogP contribution in [0.1, 0.15) is 49.2 Å². The summed E-state index contributed by atoms with van der Waals surface area (Å²) in [7, 11) is 2.10. The molecule has 2 saturated heterocycles. The molecule has 0 amide bonds. The molecule has 14 heteroatoms. The third-order valence-corrected chi connectivity index (χ3v) is 9.29. The molecule has 2 aliphatic rings. The number of hydrogen-bond acceptors (Lipinski definition) is 8. The first kappa shape index (κ1) is 33.6. The number of furan rings is 2. The monoisotopic (exact) mass is 780 g/mol. The van der Waals surface area contributed by atoms with E-state index in [0.29, 0.717) is 33.4 Å². The van der Waals surface area contributed by atoms with Gasteiger partial charge in [-0.25, -0.2) is 9.97 Å². The van der Waals surface area contributed by atoms with Crippen molar-refractivity contribution in [1.29, 1.82) is 0 Å². The van der Waals surface area contributed by atoms with Crippen molar-refractivity contribution in [2.75, 3.05) is 33.2 Å². The number of nitrogens with one attached hydrogen (secondary N) is 3. The number of fused-ring (bicyclic) bond motifs is 6. The van der Waals surface area contributed by atoms with Gasteiger partial charge in [0.25, 0.3) is 11.1 Å². The van der Waals surface area contributed by atoms with E-state index in [0.717, 1.165) is 83.2 Å². The summed E-state index contributed by atoms with van der Waals surface area (Å²) in [5.74, 6) is 2.05. The number of likely N-dealkylation sites (tertiary alicyclic amines) is 1. The molecule has 0 aliphatic carbocycles. The lowest BCUT2D eigenvalue weighted by Gasteiger charge is -2.28. The number of likely N-dealkylation sites (N-methyl/N-ethyl adjacent to an activating group) is 1. The summed E-state index contributed by atoms with van der Waals surface area (Å²) in [4.78, 5) is 42.1. The van der Waals surface area contributed by atoms with E-state index in [1.165, 1.54) is 0 Å². The molecule has 45 heavy (non-hydrogen) atoms. The van der Waals surface area contributed by atoms with Gasteiger partial charge in [0.05, 0.1) is 0 Å². The SMILES string of the molecule is CN1CCCC(c2nc3c(oc4ccc(Br)cc43)c(=O)[nH]2)C1.Cl.Cl.O=c1[nH]c(C2CCCNC2)nc2c1oc1ccc(Br)cc12. The van der Waals surface area contributed by atoms with Crippen LogP contribution in [0.15, 0.2) is 63.8 Å². The van der Waals surface area contributed by atoms with Gasteiger partial charge in [-0.15, -0.1) is 24.8 Å². The second kappa shape index (κ2) is 13.9. The van der Waals surface area contributed by atoms with E-state index in [1.54, 1.807) is 0 Å². The molecule has 0 bridgehead atoms. The van der Waals surface area contributed by atoms with Crippen LogP contribution >= 0.6 is 56.7 Å².